The van der Waals surface area contributed by atoms with Crippen molar-refractivity contribution in [2.45, 2.75) is 36.1 Å². The largest absolute Gasteiger partial charge is 0.416 e. The van der Waals surface area contributed by atoms with Gasteiger partial charge in [0.05, 0.1) is 11.7 Å². The zero-order valence-corrected chi connectivity index (χ0v) is 12.8. The summed E-state index contributed by atoms with van der Waals surface area (Å²) in [5.74, 6) is 0. The van der Waals surface area contributed by atoms with Gasteiger partial charge in [-0.1, -0.05) is 24.3 Å². The van der Waals surface area contributed by atoms with Gasteiger partial charge < -0.3 is 4.74 Å². The molecule has 124 valence electrons. The summed E-state index contributed by atoms with van der Waals surface area (Å²) < 4.78 is 70.0. The molecule has 1 spiro atoms. The molecular formula is C15H14F3NO3S. The fraction of sp³-hybridized carbons (Fsp3) is 0.467. The Morgan fingerprint density at radius 3 is 2.52 bits per heavy atom. The highest BCUT2D eigenvalue weighted by Gasteiger charge is 2.63. The Hall–Kier alpha value is -1.38. The van der Waals surface area contributed by atoms with E-state index in [2.05, 4.69) is 0 Å². The molecule has 0 radical (unpaired) electrons. The van der Waals surface area contributed by atoms with Crippen LogP contribution in [0.25, 0.3) is 0 Å². The van der Waals surface area contributed by atoms with E-state index in [0.717, 1.165) is 12.1 Å². The van der Waals surface area contributed by atoms with Crippen LogP contribution in [-0.4, -0.2) is 36.2 Å². The molecule has 1 aromatic carbocycles. The predicted molar refractivity (Wildman–Crippen MR) is 75.9 cm³/mol. The van der Waals surface area contributed by atoms with E-state index in [0.29, 0.717) is 12.0 Å². The van der Waals surface area contributed by atoms with Crippen LogP contribution in [0.3, 0.4) is 0 Å². The Morgan fingerprint density at radius 1 is 1.26 bits per heavy atom. The van der Waals surface area contributed by atoms with E-state index in [1.807, 2.05) is 12.2 Å². The van der Waals surface area contributed by atoms with Gasteiger partial charge in [0.1, 0.15) is 10.9 Å². The fourth-order valence-electron chi connectivity index (χ4n) is 3.61. The average Bonchev–Trinajstić information content (AvgIpc) is 3.09. The lowest BCUT2D eigenvalue weighted by Crippen LogP contribution is -2.36. The van der Waals surface area contributed by atoms with Crippen molar-refractivity contribution < 1.29 is 26.3 Å². The molecule has 8 heteroatoms. The molecule has 3 atom stereocenters. The summed E-state index contributed by atoms with van der Waals surface area (Å²) in [6, 6.07) is 4.58. The zero-order chi connectivity index (χ0) is 16.5. The summed E-state index contributed by atoms with van der Waals surface area (Å²) in [4.78, 5) is 0. The third-order valence-corrected chi connectivity index (χ3v) is 7.03. The molecule has 0 aromatic heterocycles. The molecule has 4 rings (SSSR count). The fourth-order valence-corrected chi connectivity index (χ4v) is 5.83. The smallest absolute Gasteiger partial charge is 0.361 e. The first-order chi connectivity index (χ1) is 10.7. The standard InChI is InChI=1S/C15H14F3NO3S/c16-15(17,18)11-3-1-10(2-4-11)8-19-9-14-6-5-12(22-14)7-13(14)23(19,20)21/h1-6,12-13H,7-9H2/t12?,13?,14-/m1/s1. The van der Waals surface area contributed by atoms with E-state index in [9.17, 15) is 21.6 Å². The van der Waals surface area contributed by atoms with Crippen LogP contribution in [0.1, 0.15) is 17.5 Å². The number of hydrogen-bond acceptors (Lipinski definition) is 3. The highest BCUT2D eigenvalue weighted by atomic mass is 32.2. The lowest BCUT2D eigenvalue weighted by atomic mass is 9.94. The molecule has 4 nitrogen and oxygen atoms in total. The van der Waals surface area contributed by atoms with E-state index in [4.69, 9.17) is 4.74 Å². The van der Waals surface area contributed by atoms with E-state index in [1.165, 1.54) is 16.4 Å². The molecule has 2 unspecified atom stereocenters. The number of benzene rings is 1. The minimum Gasteiger partial charge on any atom is -0.361 e. The minimum absolute atomic E-state index is 0.0561. The van der Waals surface area contributed by atoms with Gasteiger partial charge in [-0.15, -0.1) is 0 Å². The van der Waals surface area contributed by atoms with Gasteiger partial charge in [-0.25, -0.2) is 8.42 Å². The van der Waals surface area contributed by atoms with Crippen LogP contribution in [0, 0.1) is 0 Å². The number of fused-ring (bicyclic) bond motifs is 1. The Labute approximate surface area is 131 Å². The second kappa shape index (κ2) is 4.58. The maximum Gasteiger partial charge on any atom is 0.416 e. The highest BCUT2D eigenvalue weighted by molar-refractivity contribution is 7.90. The van der Waals surface area contributed by atoms with Gasteiger partial charge >= 0.3 is 6.18 Å². The summed E-state index contributed by atoms with van der Waals surface area (Å²) in [6.45, 7) is 0.272. The molecule has 3 aliphatic rings. The third kappa shape index (κ3) is 2.23. The molecule has 23 heavy (non-hydrogen) atoms. The van der Waals surface area contributed by atoms with Crippen LogP contribution in [0.2, 0.25) is 0 Å². The first kappa shape index (κ1) is 15.2. The van der Waals surface area contributed by atoms with Crippen molar-refractivity contribution in [3.63, 3.8) is 0 Å². The van der Waals surface area contributed by atoms with Gasteiger partial charge in [0.15, 0.2) is 0 Å². The lowest BCUT2D eigenvalue weighted by Gasteiger charge is -2.19. The molecular weight excluding hydrogens is 331 g/mol. The first-order valence-electron chi connectivity index (χ1n) is 7.23. The lowest BCUT2D eigenvalue weighted by molar-refractivity contribution is -0.137. The van der Waals surface area contributed by atoms with Crippen LogP contribution < -0.4 is 0 Å². The van der Waals surface area contributed by atoms with Crippen molar-refractivity contribution >= 4 is 10.0 Å². The second-order valence-corrected chi connectivity index (χ2v) is 8.32. The molecule has 0 aliphatic carbocycles. The van der Waals surface area contributed by atoms with Gasteiger partial charge in [-0.3, -0.25) is 0 Å². The zero-order valence-electron chi connectivity index (χ0n) is 12.0. The number of sulfonamides is 1. The first-order valence-corrected chi connectivity index (χ1v) is 8.73. The van der Waals surface area contributed by atoms with Crippen molar-refractivity contribution in [2.24, 2.45) is 0 Å². The number of hydrogen-bond donors (Lipinski definition) is 0. The van der Waals surface area contributed by atoms with Gasteiger partial charge in [0, 0.05) is 13.1 Å². The minimum atomic E-state index is -4.40. The number of ether oxygens (including phenoxy) is 1. The quantitative estimate of drug-likeness (QED) is 0.773. The van der Waals surface area contributed by atoms with E-state index in [1.54, 1.807) is 0 Å². The van der Waals surface area contributed by atoms with E-state index in [-0.39, 0.29) is 19.2 Å². The number of alkyl halides is 3. The number of nitrogens with zero attached hydrogens (tertiary/aromatic N) is 1. The second-order valence-electron chi connectivity index (χ2n) is 6.20. The molecule has 2 bridgehead atoms. The van der Waals surface area contributed by atoms with Gasteiger partial charge in [0.25, 0.3) is 0 Å². The van der Waals surface area contributed by atoms with Crippen molar-refractivity contribution in [3.8, 4) is 0 Å². The molecule has 2 fully saturated rings. The molecule has 1 aromatic rings. The Morgan fingerprint density at radius 2 is 1.96 bits per heavy atom. The Bertz CT molecular complexity index is 772. The van der Waals surface area contributed by atoms with Crippen LogP contribution in [-0.2, 0) is 27.5 Å². The van der Waals surface area contributed by atoms with E-state index >= 15 is 0 Å². The van der Waals surface area contributed by atoms with Crippen molar-refractivity contribution in [1.29, 1.82) is 0 Å². The number of rotatable bonds is 2. The van der Waals surface area contributed by atoms with Crippen LogP contribution >= 0.6 is 0 Å². The number of halogens is 3. The highest BCUT2D eigenvalue weighted by Crippen LogP contribution is 2.48. The summed E-state index contributed by atoms with van der Waals surface area (Å²) >= 11 is 0. The van der Waals surface area contributed by atoms with E-state index < -0.39 is 32.6 Å². The Balaban J connectivity index is 1.57. The average molecular weight is 345 g/mol. The molecule has 2 saturated heterocycles. The monoisotopic (exact) mass is 345 g/mol. The molecule has 3 aliphatic heterocycles. The van der Waals surface area contributed by atoms with Gasteiger partial charge in [-0.2, -0.15) is 17.5 Å². The normalized spacial score (nSPS) is 34.9. The summed E-state index contributed by atoms with van der Waals surface area (Å²) in [5, 5.41) is -0.584. The molecule has 0 amide bonds. The Kier molecular flexibility index (Phi) is 3.02. The van der Waals surface area contributed by atoms with Gasteiger partial charge in [-0.05, 0) is 24.1 Å². The van der Waals surface area contributed by atoms with Crippen LogP contribution in [0.5, 0.6) is 0 Å². The van der Waals surface area contributed by atoms with Gasteiger partial charge in [0.2, 0.25) is 10.0 Å². The maximum atomic E-state index is 12.6. The van der Waals surface area contributed by atoms with Crippen molar-refractivity contribution in [3.05, 3.63) is 47.5 Å². The van der Waals surface area contributed by atoms with Crippen molar-refractivity contribution in [1.82, 2.24) is 4.31 Å². The van der Waals surface area contributed by atoms with Crippen molar-refractivity contribution in [2.75, 3.05) is 6.54 Å². The van der Waals surface area contributed by atoms with Crippen LogP contribution in [0.4, 0.5) is 13.2 Å². The summed E-state index contributed by atoms with van der Waals surface area (Å²) in [5.41, 5.74) is -1.00. The SMILES string of the molecule is O=S1(=O)C2CC3C=C[C@]2(CN1Cc1ccc(C(F)(F)F)cc1)O3. The molecule has 3 heterocycles. The molecule has 0 N–H and O–H groups in total. The topological polar surface area (TPSA) is 46.6 Å². The summed E-state index contributed by atoms with van der Waals surface area (Å²) in [7, 11) is -3.51. The molecule has 0 saturated carbocycles. The predicted octanol–water partition coefficient (Wildman–Crippen LogP) is 2.32. The summed E-state index contributed by atoms with van der Waals surface area (Å²) in [6.07, 6.45) is -0.388. The van der Waals surface area contributed by atoms with Crippen LogP contribution in [0.15, 0.2) is 36.4 Å². The third-order valence-electron chi connectivity index (χ3n) is 4.74. The maximum absolute atomic E-state index is 12.6.